The molecule has 0 bridgehead atoms. The van der Waals surface area contributed by atoms with E-state index >= 15 is 0 Å². The number of nitrogens with one attached hydrogen (secondary N) is 1. The van der Waals surface area contributed by atoms with Gasteiger partial charge in [-0.05, 0) is 19.4 Å². The van der Waals surface area contributed by atoms with Gasteiger partial charge in [-0.2, -0.15) is 0 Å². The minimum Gasteiger partial charge on any atom is -0.369 e. The van der Waals surface area contributed by atoms with Crippen LogP contribution in [0.1, 0.15) is 18.7 Å². The molecule has 1 aromatic heterocycles. The van der Waals surface area contributed by atoms with E-state index in [1.165, 1.54) is 6.42 Å². The first-order chi connectivity index (χ1) is 7.27. The van der Waals surface area contributed by atoms with Crippen LogP contribution in [-0.4, -0.2) is 28.7 Å². The number of rotatable bonds is 3. The Morgan fingerprint density at radius 2 is 2.60 bits per heavy atom. The summed E-state index contributed by atoms with van der Waals surface area (Å²) < 4.78 is 7.60. The Hall–Kier alpha value is -0.580. The lowest BCUT2D eigenvalue weighted by Gasteiger charge is -2.22. The third kappa shape index (κ3) is 2.71. The van der Waals surface area contributed by atoms with Crippen LogP contribution >= 0.6 is 11.6 Å². The van der Waals surface area contributed by atoms with Crippen molar-refractivity contribution in [3.05, 3.63) is 17.2 Å². The monoisotopic (exact) mass is 229 g/mol. The van der Waals surface area contributed by atoms with Crippen LogP contribution in [0.3, 0.4) is 0 Å². The summed E-state index contributed by atoms with van der Waals surface area (Å²) in [5.74, 6) is 0.880. The smallest absolute Gasteiger partial charge is 0.135 e. The molecular weight excluding hydrogens is 214 g/mol. The predicted molar refractivity (Wildman–Crippen MR) is 58.9 cm³/mol. The molecule has 0 radical (unpaired) electrons. The van der Waals surface area contributed by atoms with Crippen LogP contribution in [-0.2, 0) is 18.4 Å². The van der Waals surface area contributed by atoms with Crippen LogP contribution in [0.4, 0.5) is 0 Å². The number of aromatic nitrogens is 2. The zero-order valence-electron chi connectivity index (χ0n) is 8.87. The van der Waals surface area contributed by atoms with Crippen molar-refractivity contribution < 1.29 is 4.74 Å². The van der Waals surface area contributed by atoms with Crippen molar-refractivity contribution >= 4 is 11.6 Å². The van der Waals surface area contributed by atoms with Crippen molar-refractivity contribution in [3.63, 3.8) is 0 Å². The lowest BCUT2D eigenvalue weighted by molar-refractivity contribution is 0.0208. The van der Waals surface area contributed by atoms with Gasteiger partial charge in [0.05, 0.1) is 12.3 Å². The molecule has 4 nitrogen and oxygen atoms in total. The number of halogens is 1. The fourth-order valence-electron chi connectivity index (χ4n) is 1.71. The first kappa shape index (κ1) is 10.9. The van der Waals surface area contributed by atoms with Crippen molar-refractivity contribution in [3.8, 4) is 0 Å². The summed E-state index contributed by atoms with van der Waals surface area (Å²) in [6.07, 6.45) is 4.28. The zero-order valence-corrected chi connectivity index (χ0v) is 9.63. The van der Waals surface area contributed by atoms with Gasteiger partial charge < -0.3 is 14.6 Å². The molecule has 0 amide bonds. The van der Waals surface area contributed by atoms with Gasteiger partial charge in [0.2, 0.25) is 0 Å². The molecule has 2 rings (SSSR count). The Bertz CT molecular complexity index is 320. The first-order valence-electron chi connectivity index (χ1n) is 5.26. The molecular formula is C10H16ClN3O. The molecule has 84 valence electrons. The van der Waals surface area contributed by atoms with Gasteiger partial charge in [0.25, 0.3) is 0 Å². The van der Waals surface area contributed by atoms with Gasteiger partial charge >= 0.3 is 0 Å². The molecule has 1 N–H and O–H groups in total. The van der Waals surface area contributed by atoms with Crippen LogP contribution < -0.4 is 5.32 Å². The van der Waals surface area contributed by atoms with E-state index in [4.69, 9.17) is 16.3 Å². The van der Waals surface area contributed by atoms with Gasteiger partial charge in [-0.3, -0.25) is 0 Å². The first-order valence-corrected chi connectivity index (χ1v) is 5.63. The van der Waals surface area contributed by atoms with E-state index < -0.39 is 0 Å². The van der Waals surface area contributed by atoms with Gasteiger partial charge in [0.1, 0.15) is 17.6 Å². The number of hydrogen-bond donors (Lipinski definition) is 1. The summed E-state index contributed by atoms with van der Waals surface area (Å²) in [6.45, 7) is 2.59. The predicted octanol–water partition coefficient (Wildman–Crippen LogP) is 1.34. The van der Waals surface area contributed by atoms with Gasteiger partial charge in [0.15, 0.2) is 0 Å². The van der Waals surface area contributed by atoms with E-state index in [0.717, 1.165) is 25.3 Å². The van der Waals surface area contributed by atoms with E-state index in [-0.39, 0.29) is 0 Å². The van der Waals surface area contributed by atoms with Gasteiger partial charge in [-0.1, -0.05) is 11.6 Å². The summed E-state index contributed by atoms with van der Waals surface area (Å²) in [7, 11) is 1.90. The highest BCUT2D eigenvalue weighted by atomic mass is 35.5. The molecule has 0 spiro atoms. The fourth-order valence-corrected chi connectivity index (χ4v) is 1.86. The van der Waals surface area contributed by atoms with E-state index in [1.54, 1.807) is 6.20 Å². The van der Waals surface area contributed by atoms with Crippen molar-refractivity contribution in [2.45, 2.75) is 25.6 Å². The highest BCUT2D eigenvalue weighted by molar-refractivity contribution is 6.29. The molecule has 1 aliphatic heterocycles. The molecule has 1 unspecified atom stereocenters. The SMILES string of the molecule is Cn1c(Cl)cnc1COC1CCCNC1. The van der Waals surface area contributed by atoms with E-state index in [9.17, 15) is 0 Å². The topological polar surface area (TPSA) is 39.1 Å². The van der Waals surface area contributed by atoms with E-state index in [1.807, 2.05) is 11.6 Å². The summed E-state index contributed by atoms with van der Waals surface area (Å²) in [6, 6.07) is 0. The van der Waals surface area contributed by atoms with Crippen LogP contribution in [0, 0.1) is 0 Å². The summed E-state index contributed by atoms with van der Waals surface area (Å²) in [5, 5.41) is 3.96. The second-order valence-electron chi connectivity index (χ2n) is 3.84. The highest BCUT2D eigenvalue weighted by Crippen LogP contribution is 2.12. The van der Waals surface area contributed by atoms with Crippen molar-refractivity contribution in [1.82, 2.24) is 14.9 Å². The Morgan fingerprint density at radius 1 is 1.73 bits per heavy atom. The van der Waals surface area contributed by atoms with Crippen LogP contribution in [0.2, 0.25) is 5.15 Å². The standard InChI is InChI=1S/C10H16ClN3O/c1-14-9(11)6-13-10(14)7-15-8-3-2-4-12-5-8/h6,8,12H,2-5,7H2,1H3. The maximum absolute atomic E-state index is 5.88. The molecule has 0 aliphatic carbocycles. The third-order valence-electron chi connectivity index (χ3n) is 2.73. The molecule has 1 atom stereocenters. The molecule has 0 saturated carbocycles. The minimum absolute atomic E-state index is 0.314. The average molecular weight is 230 g/mol. The van der Waals surface area contributed by atoms with E-state index in [0.29, 0.717) is 17.9 Å². The van der Waals surface area contributed by atoms with Crippen LogP contribution in [0.25, 0.3) is 0 Å². The second kappa shape index (κ2) is 4.96. The molecule has 2 heterocycles. The average Bonchev–Trinajstić information content (AvgIpc) is 2.59. The zero-order chi connectivity index (χ0) is 10.7. The number of imidazole rings is 1. The minimum atomic E-state index is 0.314. The summed E-state index contributed by atoms with van der Waals surface area (Å²) >= 11 is 5.88. The Labute approximate surface area is 94.6 Å². The molecule has 1 fully saturated rings. The Morgan fingerprint density at radius 3 is 3.20 bits per heavy atom. The summed E-state index contributed by atoms with van der Waals surface area (Å²) in [4.78, 5) is 4.19. The lowest BCUT2D eigenvalue weighted by atomic mass is 10.1. The number of nitrogens with zero attached hydrogens (tertiary/aromatic N) is 2. The Kier molecular flexibility index (Phi) is 3.61. The molecule has 0 aromatic carbocycles. The number of piperidine rings is 1. The molecule has 1 saturated heterocycles. The largest absolute Gasteiger partial charge is 0.369 e. The highest BCUT2D eigenvalue weighted by Gasteiger charge is 2.14. The summed E-state index contributed by atoms with van der Waals surface area (Å²) in [5.41, 5.74) is 0. The van der Waals surface area contributed by atoms with Crippen LogP contribution in [0.5, 0.6) is 0 Å². The van der Waals surface area contributed by atoms with Crippen molar-refractivity contribution in [2.24, 2.45) is 7.05 Å². The molecule has 15 heavy (non-hydrogen) atoms. The normalized spacial score (nSPS) is 21.9. The van der Waals surface area contributed by atoms with Gasteiger partial charge in [0, 0.05) is 13.6 Å². The third-order valence-corrected chi connectivity index (χ3v) is 3.08. The number of ether oxygens (including phenoxy) is 1. The molecule has 1 aliphatic rings. The maximum atomic E-state index is 5.88. The molecule has 5 heteroatoms. The van der Waals surface area contributed by atoms with E-state index in [2.05, 4.69) is 10.3 Å². The van der Waals surface area contributed by atoms with Crippen molar-refractivity contribution in [2.75, 3.05) is 13.1 Å². The molecule has 1 aromatic rings. The second-order valence-corrected chi connectivity index (χ2v) is 4.22. The fraction of sp³-hybridized carbons (Fsp3) is 0.700. The van der Waals surface area contributed by atoms with Gasteiger partial charge in [-0.25, -0.2) is 4.98 Å². The quantitative estimate of drug-likeness (QED) is 0.851. The van der Waals surface area contributed by atoms with Crippen molar-refractivity contribution in [1.29, 1.82) is 0 Å². The lowest BCUT2D eigenvalue weighted by Crippen LogP contribution is -2.35. The number of hydrogen-bond acceptors (Lipinski definition) is 3. The maximum Gasteiger partial charge on any atom is 0.135 e. The Balaban J connectivity index is 1.84. The van der Waals surface area contributed by atoms with Gasteiger partial charge in [-0.15, -0.1) is 0 Å². The van der Waals surface area contributed by atoms with Crippen LogP contribution in [0.15, 0.2) is 6.20 Å².